The summed E-state index contributed by atoms with van der Waals surface area (Å²) in [6.45, 7) is 16.0. The quantitative estimate of drug-likeness (QED) is 0.264. The molecule has 9 heteroatoms. The molecule has 1 aromatic carbocycles. The topological polar surface area (TPSA) is 131 Å². The Kier molecular flexibility index (Phi) is 12.9. The molecule has 0 saturated carbocycles. The lowest BCUT2D eigenvalue weighted by Crippen LogP contribution is -2.40. The van der Waals surface area contributed by atoms with Crippen molar-refractivity contribution in [1.82, 2.24) is 0 Å². The van der Waals surface area contributed by atoms with Crippen LogP contribution < -0.4 is 15.2 Å². The van der Waals surface area contributed by atoms with Crippen molar-refractivity contribution >= 4 is 23.9 Å². The van der Waals surface area contributed by atoms with Gasteiger partial charge in [-0.25, -0.2) is 0 Å². The van der Waals surface area contributed by atoms with Gasteiger partial charge in [-0.05, 0) is 71.1 Å². The molecule has 0 spiro atoms. The molecule has 0 bridgehead atoms. The first-order valence-corrected chi connectivity index (χ1v) is 13.4. The SMILES string of the molecule is CCC(C)C(=O)Oc1ccc(C[C@H](N)C(=O)O[C@@H](C)[C@H](C)OC(=O)C(C)(C)CC)cc1OC(=O)C(C)CC. The summed E-state index contributed by atoms with van der Waals surface area (Å²) in [6.07, 6.45) is 0.509. The summed E-state index contributed by atoms with van der Waals surface area (Å²) < 4.78 is 21.9. The van der Waals surface area contributed by atoms with Crippen LogP contribution in [0.15, 0.2) is 18.2 Å². The molecule has 0 aromatic heterocycles. The molecule has 0 fully saturated rings. The van der Waals surface area contributed by atoms with Gasteiger partial charge < -0.3 is 24.7 Å². The number of benzene rings is 1. The van der Waals surface area contributed by atoms with Crippen LogP contribution >= 0.6 is 0 Å². The number of nitrogens with two attached hydrogens (primary N) is 1. The van der Waals surface area contributed by atoms with Crippen LogP contribution in [0.2, 0.25) is 0 Å². The molecule has 1 rings (SSSR count). The van der Waals surface area contributed by atoms with E-state index in [4.69, 9.17) is 24.7 Å². The van der Waals surface area contributed by atoms with Gasteiger partial charge in [0.15, 0.2) is 11.5 Å². The highest BCUT2D eigenvalue weighted by atomic mass is 16.6. The molecule has 2 unspecified atom stereocenters. The van der Waals surface area contributed by atoms with E-state index in [2.05, 4.69) is 0 Å². The Hall–Kier alpha value is -2.94. The van der Waals surface area contributed by atoms with Gasteiger partial charge in [-0.2, -0.15) is 0 Å². The van der Waals surface area contributed by atoms with Crippen molar-refractivity contribution < 1.29 is 38.1 Å². The number of hydrogen-bond acceptors (Lipinski definition) is 9. The minimum absolute atomic E-state index is 0.0794. The molecule has 0 aliphatic heterocycles. The highest BCUT2D eigenvalue weighted by Crippen LogP contribution is 2.31. The van der Waals surface area contributed by atoms with E-state index in [1.807, 2.05) is 20.8 Å². The molecule has 0 aliphatic rings. The Morgan fingerprint density at radius 3 is 1.79 bits per heavy atom. The molecule has 0 aliphatic carbocycles. The molecule has 214 valence electrons. The second-order valence-electron chi connectivity index (χ2n) is 10.5. The maximum atomic E-state index is 12.7. The number of carbonyl (C=O) groups is 4. The molecular formula is C29H45NO8. The summed E-state index contributed by atoms with van der Waals surface area (Å²) in [7, 11) is 0. The summed E-state index contributed by atoms with van der Waals surface area (Å²) >= 11 is 0. The maximum Gasteiger partial charge on any atom is 0.323 e. The first-order valence-electron chi connectivity index (χ1n) is 13.4. The van der Waals surface area contributed by atoms with E-state index in [0.717, 1.165) is 0 Å². The zero-order valence-electron chi connectivity index (χ0n) is 24.3. The van der Waals surface area contributed by atoms with Gasteiger partial charge in [0.05, 0.1) is 17.3 Å². The molecule has 38 heavy (non-hydrogen) atoms. The fraction of sp³-hybridized carbons (Fsp3) is 0.655. The number of esters is 4. The Bertz CT molecular complexity index is 973. The first kappa shape index (κ1) is 33.1. The predicted octanol–water partition coefficient (Wildman–Crippen LogP) is 4.76. The normalized spacial score (nSPS) is 15.4. The molecule has 1 aromatic rings. The Morgan fingerprint density at radius 2 is 1.29 bits per heavy atom. The van der Waals surface area contributed by atoms with Gasteiger partial charge in [0.25, 0.3) is 0 Å². The van der Waals surface area contributed by atoms with Gasteiger partial charge in [0, 0.05) is 0 Å². The predicted molar refractivity (Wildman–Crippen MR) is 143 cm³/mol. The van der Waals surface area contributed by atoms with Crippen molar-refractivity contribution in [2.75, 3.05) is 0 Å². The lowest BCUT2D eigenvalue weighted by atomic mass is 9.90. The van der Waals surface area contributed by atoms with Crippen molar-refractivity contribution in [2.24, 2.45) is 23.0 Å². The zero-order valence-corrected chi connectivity index (χ0v) is 24.3. The van der Waals surface area contributed by atoms with Crippen LogP contribution in [0.25, 0.3) is 0 Å². The molecule has 0 saturated heterocycles. The number of rotatable bonds is 14. The average molecular weight is 536 g/mol. The highest BCUT2D eigenvalue weighted by molar-refractivity contribution is 5.79. The minimum Gasteiger partial charge on any atom is -0.458 e. The zero-order chi connectivity index (χ0) is 29.2. The number of ether oxygens (including phenoxy) is 4. The van der Waals surface area contributed by atoms with Gasteiger partial charge >= 0.3 is 23.9 Å². The summed E-state index contributed by atoms with van der Waals surface area (Å²) in [5, 5.41) is 0. The molecule has 0 radical (unpaired) electrons. The largest absolute Gasteiger partial charge is 0.458 e. The van der Waals surface area contributed by atoms with Crippen molar-refractivity contribution in [3.63, 3.8) is 0 Å². The third-order valence-electron chi connectivity index (χ3n) is 6.91. The molecule has 9 nitrogen and oxygen atoms in total. The summed E-state index contributed by atoms with van der Waals surface area (Å²) in [5.41, 5.74) is 6.06. The van der Waals surface area contributed by atoms with Gasteiger partial charge in [-0.15, -0.1) is 0 Å². The lowest BCUT2D eigenvalue weighted by molar-refractivity contribution is -0.172. The summed E-state index contributed by atoms with van der Waals surface area (Å²) in [6, 6.07) is 3.67. The van der Waals surface area contributed by atoms with E-state index >= 15 is 0 Å². The molecule has 2 N–H and O–H groups in total. The highest BCUT2D eigenvalue weighted by Gasteiger charge is 2.31. The third kappa shape index (κ3) is 9.74. The van der Waals surface area contributed by atoms with Crippen LogP contribution in [-0.4, -0.2) is 42.1 Å². The molecule has 0 amide bonds. The monoisotopic (exact) mass is 535 g/mol. The second-order valence-corrected chi connectivity index (χ2v) is 10.5. The standard InChI is InChI=1S/C29H45NO8/c1-10-17(4)25(31)37-23-14-13-21(16-24(23)38-26(32)18(5)11-2)15-22(30)27(33)35-19(6)20(7)36-28(34)29(8,9)12-3/h13-14,16-20,22H,10-12,15,30H2,1-9H3/t17?,18?,19-,20-,22-/m0/s1. The van der Waals surface area contributed by atoms with Crippen LogP contribution in [-0.2, 0) is 35.1 Å². The van der Waals surface area contributed by atoms with E-state index < -0.39 is 41.6 Å². The first-order chi connectivity index (χ1) is 17.7. The van der Waals surface area contributed by atoms with Crippen molar-refractivity contribution in [2.45, 2.75) is 106 Å². The minimum atomic E-state index is -1.03. The third-order valence-corrected chi connectivity index (χ3v) is 6.91. The second kappa shape index (κ2) is 14.9. The van der Waals surface area contributed by atoms with Crippen LogP contribution in [0.3, 0.4) is 0 Å². The number of hydrogen-bond donors (Lipinski definition) is 1. The van der Waals surface area contributed by atoms with E-state index in [-0.39, 0.29) is 35.7 Å². The van der Waals surface area contributed by atoms with E-state index in [1.165, 1.54) is 12.1 Å². The maximum absolute atomic E-state index is 12.7. The van der Waals surface area contributed by atoms with Gasteiger partial charge in [0.2, 0.25) is 0 Å². The van der Waals surface area contributed by atoms with Crippen molar-refractivity contribution in [3.05, 3.63) is 23.8 Å². The summed E-state index contributed by atoms with van der Waals surface area (Å²) in [5.74, 6) is -2.41. The Morgan fingerprint density at radius 1 is 0.789 bits per heavy atom. The van der Waals surface area contributed by atoms with Crippen LogP contribution in [0.5, 0.6) is 11.5 Å². The average Bonchev–Trinajstić information content (AvgIpc) is 2.88. The van der Waals surface area contributed by atoms with Crippen LogP contribution in [0.4, 0.5) is 0 Å². The smallest absolute Gasteiger partial charge is 0.323 e. The Labute approximate surface area is 226 Å². The molecular weight excluding hydrogens is 490 g/mol. The fourth-order valence-corrected chi connectivity index (χ4v) is 2.87. The van der Waals surface area contributed by atoms with Gasteiger partial charge in [-0.3, -0.25) is 19.2 Å². The summed E-state index contributed by atoms with van der Waals surface area (Å²) in [4.78, 5) is 49.8. The number of carbonyl (C=O) groups excluding carboxylic acids is 4. The van der Waals surface area contributed by atoms with Crippen molar-refractivity contribution in [3.8, 4) is 11.5 Å². The fourth-order valence-electron chi connectivity index (χ4n) is 2.87. The molecule has 0 heterocycles. The Balaban J connectivity index is 2.98. The van der Waals surface area contributed by atoms with Crippen molar-refractivity contribution in [1.29, 1.82) is 0 Å². The van der Waals surface area contributed by atoms with E-state index in [9.17, 15) is 19.2 Å². The van der Waals surface area contributed by atoms with Gasteiger partial charge in [-0.1, -0.05) is 40.7 Å². The van der Waals surface area contributed by atoms with Crippen LogP contribution in [0, 0.1) is 17.3 Å². The molecule has 5 atom stereocenters. The lowest BCUT2D eigenvalue weighted by Gasteiger charge is -2.27. The van der Waals surface area contributed by atoms with Gasteiger partial charge in [0.1, 0.15) is 18.2 Å². The van der Waals surface area contributed by atoms with E-state index in [0.29, 0.717) is 24.8 Å². The van der Waals surface area contributed by atoms with E-state index in [1.54, 1.807) is 47.6 Å². The van der Waals surface area contributed by atoms with Crippen LogP contribution in [0.1, 0.15) is 87.1 Å².